The molecule has 208 valence electrons. The Morgan fingerprint density at radius 2 is 1.68 bits per heavy atom. The van der Waals surface area contributed by atoms with Crippen molar-refractivity contribution in [3.63, 3.8) is 0 Å². The van der Waals surface area contributed by atoms with Crippen molar-refractivity contribution in [3.05, 3.63) is 35.9 Å². The molecule has 0 radical (unpaired) electrons. The summed E-state index contributed by atoms with van der Waals surface area (Å²) in [4.78, 5) is 11.4. The van der Waals surface area contributed by atoms with Gasteiger partial charge >= 0.3 is 5.97 Å². The third kappa shape index (κ3) is 6.17. The lowest BCUT2D eigenvalue weighted by Gasteiger charge is -2.60. The Labute approximate surface area is 218 Å². The summed E-state index contributed by atoms with van der Waals surface area (Å²) in [6.07, 6.45) is -0.804. The van der Waals surface area contributed by atoms with Gasteiger partial charge in [0, 0.05) is 33.7 Å². The van der Waals surface area contributed by atoms with Gasteiger partial charge < -0.3 is 43.0 Å². The van der Waals surface area contributed by atoms with Crippen LogP contribution in [0.15, 0.2) is 30.3 Å². The summed E-state index contributed by atoms with van der Waals surface area (Å²) >= 11 is 0. The average molecular weight is 525 g/mol. The van der Waals surface area contributed by atoms with E-state index < -0.39 is 54.9 Å². The van der Waals surface area contributed by atoms with Crippen molar-refractivity contribution in [2.45, 2.75) is 88.4 Å². The molecular weight excluding hydrogens is 484 g/mol. The number of hydrogen-bond donors (Lipinski definition) is 1. The minimum absolute atomic E-state index is 0.209. The van der Waals surface area contributed by atoms with Crippen molar-refractivity contribution in [3.8, 4) is 0 Å². The smallest absolute Gasteiger partial charge is 0.329 e. The Kier molecular flexibility index (Phi) is 9.58. The molecule has 7 atom stereocenters. The number of rotatable bonds is 12. The third-order valence-corrected chi connectivity index (χ3v) is 7.14. The van der Waals surface area contributed by atoms with Crippen LogP contribution >= 0.6 is 0 Å². The van der Waals surface area contributed by atoms with E-state index in [1.807, 2.05) is 30.3 Å². The summed E-state index contributed by atoms with van der Waals surface area (Å²) < 4.78 is 49.7. The van der Waals surface area contributed by atoms with Crippen molar-refractivity contribution < 1.29 is 47.8 Å². The van der Waals surface area contributed by atoms with Crippen molar-refractivity contribution >= 4 is 5.97 Å². The molecule has 1 aliphatic carbocycles. The van der Waals surface area contributed by atoms with Gasteiger partial charge in [0.25, 0.3) is 0 Å². The molecule has 3 aliphatic rings. The fourth-order valence-corrected chi connectivity index (χ4v) is 5.38. The Hall–Kier alpha value is -1.63. The van der Waals surface area contributed by atoms with Gasteiger partial charge in [-0.2, -0.15) is 0 Å². The van der Waals surface area contributed by atoms with Crippen LogP contribution in [0.3, 0.4) is 0 Å². The Morgan fingerprint density at radius 1 is 1.03 bits per heavy atom. The van der Waals surface area contributed by atoms with Gasteiger partial charge in [-0.3, -0.25) is 0 Å². The van der Waals surface area contributed by atoms with Gasteiger partial charge in [0.15, 0.2) is 6.29 Å². The van der Waals surface area contributed by atoms with Gasteiger partial charge in [0.1, 0.15) is 31.0 Å². The van der Waals surface area contributed by atoms with Crippen LogP contribution in [-0.4, -0.2) is 87.4 Å². The monoisotopic (exact) mass is 524 g/mol. The second-order valence-electron chi connectivity index (χ2n) is 10.2. The van der Waals surface area contributed by atoms with Gasteiger partial charge in [0.05, 0.1) is 13.2 Å². The minimum atomic E-state index is -1.16. The van der Waals surface area contributed by atoms with Crippen LogP contribution in [0.4, 0.5) is 0 Å². The molecule has 0 amide bonds. The number of benzene rings is 1. The lowest BCUT2D eigenvalue weighted by molar-refractivity contribution is -0.498. The van der Waals surface area contributed by atoms with E-state index in [0.717, 1.165) is 18.4 Å². The predicted octanol–water partition coefficient (Wildman–Crippen LogP) is 3.11. The van der Waals surface area contributed by atoms with Crippen LogP contribution in [-0.2, 0) is 49.3 Å². The van der Waals surface area contributed by atoms with E-state index in [-0.39, 0.29) is 13.2 Å². The second kappa shape index (κ2) is 12.5. The lowest BCUT2D eigenvalue weighted by Crippen LogP contribution is -2.75. The van der Waals surface area contributed by atoms with Gasteiger partial charge in [0.2, 0.25) is 11.6 Å². The molecule has 0 bridgehead atoms. The highest BCUT2D eigenvalue weighted by atomic mass is 16.8. The zero-order chi connectivity index (χ0) is 26.5. The first-order valence-corrected chi connectivity index (χ1v) is 13.0. The zero-order valence-corrected chi connectivity index (χ0v) is 22.1. The standard InChI is InChI=1S/C27H40O10/c1-18(2)14-32-16-20-22-23(37-27(31-4)13-9-8-12-26(27,30-3)36-22)24(25(35-20)34-17-21(28)29)33-15-19-10-6-5-7-11-19/h5-7,10-11,18,20,22-25H,8-9,12-17H2,1-4H3,(H,28,29)/t20-,22-,23+,24+,25-,26+,27+/m1/s1. The first-order valence-electron chi connectivity index (χ1n) is 13.0. The Balaban J connectivity index is 1.65. The summed E-state index contributed by atoms with van der Waals surface area (Å²) in [5, 5.41) is 9.30. The SMILES string of the molecule is CO[C@]12CCCC[C@]1(OC)O[C@H]1[C@H](O2)[C@H](OCc2ccccc2)[C@H](OCC(=O)O)O[C@@H]1COCC(C)C. The fourth-order valence-electron chi connectivity index (χ4n) is 5.38. The predicted molar refractivity (Wildman–Crippen MR) is 131 cm³/mol. The highest BCUT2D eigenvalue weighted by molar-refractivity contribution is 5.68. The maximum absolute atomic E-state index is 11.4. The zero-order valence-electron chi connectivity index (χ0n) is 22.1. The van der Waals surface area contributed by atoms with Crippen LogP contribution in [0.1, 0.15) is 45.1 Å². The van der Waals surface area contributed by atoms with Gasteiger partial charge in [-0.25, -0.2) is 4.79 Å². The van der Waals surface area contributed by atoms with Crippen LogP contribution in [0, 0.1) is 5.92 Å². The average Bonchev–Trinajstić information content (AvgIpc) is 2.90. The number of fused-ring (bicyclic) bond motifs is 2. The summed E-state index contributed by atoms with van der Waals surface area (Å²) in [6.45, 7) is 4.56. The summed E-state index contributed by atoms with van der Waals surface area (Å²) in [5.74, 6) is -3.07. The van der Waals surface area contributed by atoms with Gasteiger partial charge in [-0.1, -0.05) is 44.2 Å². The molecule has 1 saturated carbocycles. The molecule has 1 aromatic carbocycles. The maximum atomic E-state index is 11.4. The van der Waals surface area contributed by atoms with E-state index in [0.29, 0.717) is 25.4 Å². The molecule has 0 unspecified atom stereocenters. The fraction of sp³-hybridized carbons (Fsp3) is 0.741. The van der Waals surface area contributed by atoms with E-state index in [2.05, 4.69) is 13.8 Å². The highest BCUT2D eigenvalue weighted by Crippen LogP contribution is 2.51. The molecule has 3 fully saturated rings. The molecule has 0 aromatic heterocycles. The minimum Gasteiger partial charge on any atom is -0.480 e. The van der Waals surface area contributed by atoms with E-state index in [1.165, 1.54) is 0 Å². The number of carbonyl (C=O) groups is 1. The normalized spacial score (nSPS) is 35.6. The molecule has 37 heavy (non-hydrogen) atoms. The molecule has 2 saturated heterocycles. The molecule has 0 spiro atoms. The van der Waals surface area contributed by atoms with Crippen molar-refractivity contribution in [1.82, 2.24) is 0 Å². The van der Waals surface area contributed by atoms with Crippen LogP contribution in [0.25, 0.3) is 0 Å². The molecule has 1 aromatic rings. The highest BCUT2D eigenvalue weighted by Gasteiger charge is 2.67. The van der Waals surface area contributed by atoms with E-state index in [4.69, 9.17) is 37.9 Å². The van der Waals surface area contributed by atoms with E-state index in [9.17, 15) is 9.90 Å². The summed E-state index contributed by atoms with van der Waals surface area (Å²) in [5.41, 5.74) is 0.945. The third-order valence-electron chi connectivity index (χ3n) is 7.14. The van der Waals surface area contributed by atoms with Gasteiger partial charge in [-0.15, -0.1) is 0 Å². The number of ether oxygens (including phenoxy) is 8. The second-order valence-corrected chi connectivity index (χ2v) is 10.2. The molecule has 10 heteroatoms. The molecule has 4 rings (SSSR count). The van der Waals surface area contributed by atoms with E-state index in [1.54, 1.807) is 14.2 Å². The van der Waals surface area contributed by atoms with Crippen LogP contribution < -0.4 is 0 Å². The maximum Gasteiger partial charge on any atom is 0.329 e. The topological polar surface area (TPSA) is 111 Å². The Bertz CT molecular complexity index is 866. The number of carboxylic acids is 1. The largest absolute Gasteiger partial charge is 0.480 e. The molecule has 10 nitrogen and oxygen atoms in total. The van der Waals surface area contributed by atoms with Crippen molar-refractivity contribution in [2.24, 2.45) is 5.92 Å². The molecule has 2 aliphatic heterocycles. The molecular formula is C27H40O10. The van der Waals surface area contributed by atoms with Crippen molar-refractivity contribution in [2.75, 3.05) is 34.0 Å². The number of methoxy groups -OCH3 is 2. The van der Waals surface area contributed by atoms with Crippen LogP contribution in [0.2, 0.25) is 0 Å². The summed E-state index contributed by atoms with van der Waals surface area (Å²) in [7, 11) is 3.18. The Morgan fingerprint density at radius 3 is 2.27 bits per heavy atom. The number of hydrogen-bond acceptors (Lipinski definition) is 9. The lowest BCUT2D eigenvalue weighted by atomic mass is 9.83. The van der Waals surface area contributed by atoms with E-state index >= 15 is 0 Å². The first-order chi connectivity index (χ1) is 17.8. The van der Waals surface area contributed by atoms with Gasteiger partial charge in [-0.05, 0) is 24.3 Å². The summed E-state index contributed by atoms with van der Waals surface area (Å²) in [6, 6.07) is 9.67. The molecule has 2 heterocycles. The number of aliphatic carboxylic acids is 1. The molecule has 1 N–H and O–H groups in total. The van der Waals surface area contributed by atoms with Crippen LogP contribution in [0.5, 0.6) is 0 Å². The first kappa shape index (κ1) is 28.4. The van der Waals surface area contributed by atoms with Crippen molar-refractivity contribution in [1.29, 1.82) is 0 Å². The quantitative estimate of drug-likeness (QED) is 0.438. The number of carboxylic acid groups (broad SMARTS) is 1.